The second-order valence-corrected chi connectivity index (χ2v) is 4.20. The molecule has 1 aliphatic rings. The predicted octanol–water partition coefficient (Wildman–Crippen LogP) is -1.98. The van der Waals surface area contributed by atoms with E-state index < -0.39 is 31.1 Å². The molecule has 102 valence electrons. The number of anilines is 1. The second kappa shape index (κ2) is 4.38. The largest absolute Gasteiger partial charge is 0.394 e. The zero-order chi connectivity index (χ0) is 14.4. The third-order valence-corrected chi connectivity index (χ3v) is 3.08. The first-order valence-electron chi connectivity index (χ1n) is 6.13. The molecule has 0 saturated carbocycles. The summed E-state index contributed by atoms with van der Waals surface area (Å²) in [7, 11) is 0. The van der Waals surface area contributed by atoms with Crippen LogP contribution in [0.3, 0.4) is 0 Å². The molecule has 5 atom stereocenters. The normalized spacial score (nSPS) is 33.5. The van der Waals surface area contributed by atoms with E-state index in [9.17, 15) is 15.3 Å². The van der Waals surface area contributed by atoms with Gasteiger partial charge in [-0.15, -0.1) is 0 Å². The zero-order valence-electron chi connectivity index (χ0n) is 10.7. The smallest absolute Gasteiger partial charge is 0.167 e. The average Bonchev–Trinajstić information content (AvgIpc) is 2.94. The van der Waals surface area contributed by atoms with Gasteiger partial charge in [-0.1, -0.05) is 0 Å². The van der Waals surface area contributed by atoms with Crippen LogP contribution >= 0.6 is 0 Å². The number of aromatic nitrogens is 4. The van der Waals surface area contributed by atoms with Gasteiger partial charge in [0.15, 0.2) is 17.7 Å². The number of hydrogen-bond acceptors (Lipinski definition) is 8. The molecule has 0 aliphatic carbocycles. The fraction of sp³-hybridized carbons (Fsp3) is 0.500. The van der Waals surface area contributed by atoms with E-state index in [0.29, 0.717) is 11.2 Å². The Hall–Kier alpha value is -1.81. The Morgan fingerprint density at radius 2 is 2.26 bits per heavy atom. The maximum Gasteiger partial charge on any atom is 0.167 e. The van der Waals surface area contributed by atoms with Gasteiger partial charge in [0.2, 0.25) is 0 Å². The minimum Gasteiger partial charge on any atom is -0.394 e. The van der Waals surface area contributed by atoms with Gasteiger partial charge in [-0.2, -0.15) is 0 Å². The minimum atomic E-state index is -1.67. The van der Waals surface area contributed by atoms with Crippen molar-refractivity contribution in [1.29, 1.82) is 0 Å². The van der Waals surface area contributed by atoms with Crippen molar-refractivity contribution in [3.63, 3.8) is 0 Å². The standard InChI is InChI=1S/C10H13N5O4/c11-8-5-9(13-2-12-8)15(3-14-5)10-7(18)6(17)4(1-16)19-10/h2-4,6-7,10,16-18H,1H2,(H2,11,12,13)/t4-,6-,7-,10-/m1/s1/i1T,3+2/t1?,4-,6-,7-,10-. The highest BCUT2D eigenvalue weighted by atomic mass is 16.6. The molecular formula is C10H13N5O4. The number of aliphatic hydroxyl groups is 3. The summed E-state index contributed by atoms with van der Waals surface area (Å²) < 4.78 is 13.9. The van der Waals surface area contributed by atoms with Crippen LogP contribution in [0.1, 0.15) is 7.60 Å². The summed E-state index contributed by atoms with van der Waals surface area (Å²) in [5.41, 5.74) is 6.32. The maximum atomic E-state index is 9.98. The molecule has 19 heavy (non-hydrogen) atoms. The third-order valence-electron chi connectivity index (χ3n) is 3.08. The molecular weight excluding hydrogens is 256 g/mol. The predicted molar refractivity (Wildman–Crippen MR) is 62.7 cm³/mol. The Morgan fingerprint density at radius 3 is 2.95 bits per heavy atom. The quantitative estimate of drug-likeness (QED) is 0.492. The van der Waals surface area contributed by atoms with Gasteiger partial charge < -0.3 is 25.8 Å². The first kappa shape index (κ1) is 11.1. The summed E-state index contributed by atoms with van der Waals surface area (Å²) in [5.74, 6) is 0.180. The first-order valence-corrected chi connectivity index (χ1v) is 5.55. The molecule has 1 saturated heterocycles. The lowest BCUT2D eigenvalue weighted by atomic mass is 10.1. The molecule has 0 bridgehead atoms. The summed E-state index contributed by atoms with van der Waals surface area (Å²) >= 11 is 0. The van der Waals surface area contributed by atoms with Crippen LogP contribution in [0, 0.1) is 0 Å². The number of fused-ring (bicyclic) bond motifs is 1. The molecule has 0 spiro atoms. The molecule has 3 heterocycles. The van der Waals surface area contributed by atoms with Gasteiger partial charge in [-0.05, 0) is 0 Å². The Kier molecular flexibility index (Phi) is 2.55. The van der Waals surface area contributed by atoms with Gasteiger partial charge in [-0.25, -0.2) is 15.0 Å². The van der Waals surface area contributed by atoms with Crippen molar-refractivity contribution < 1.29 is 21.4 Å². The van der Waals surface area contributed by atoms with E-state index in [1.54, 1.807) is 0 Å². The van der Waals surface area contributed by atoms with Gasteiger partial charge in [0.1, 0.15) is 30.2 Å². The molecule has 0 aromatic carbocycles. The lowest BCUT2D eigenvalue weighted by molar-refractivity contribution is -0.0511. The van der Waals surface area contributed by atoms with Crippen LogP contribution in [0.15, 0.2) is 12.7 Å². The van der Waals surface area contributed by atoms with Gasteiger partial charge in [0.05, 0.1) is 14.3 Å². The van der Waals surface area contributed by atoms with E-state index in [1.807, 2.05) is 0 Å². The van der Waals surface area contributed by atoms with Gasteiger partial charge in [0, 0.05) is 0 Å². The molecule has 9 nitrogen and oxygen atoms in total. The number of nitrogen functional groups attached to an aromatic ring is 1. The molecule has 2 aromatic rings. The van der Waals surface area contributed by atoms with E-state index in [0.717, 1.165) is 0 Å². The van der Waals surface area contributed by atoms with Gasteiger partial charge in [0.25, 0.3) is 0 Å². The monoisotopic (exact) mass is 271 g/mol. The minimum absolute atomic E-state index is 0.180. The number of hydrogen-bond donors (Lipinski definition) is 4. The van der Waals surface area contributed by atoms with Crippen molar-refractivity contribution in [3.8, 4) is 0 Å². The summed E-state index contributed by atoms with van der Waals surface area (Å²) in [5, 5.41) is 29.0. The summed E-state index contributed by atoms with van der Waals surface area (Å²) in [6.45, 7) is -1.67. The van der Waals surface area contributed by atoms with Crippen LogP contribution in [0.4, 0.5) is 5.82 Å². The van der Waals surface area contributed by atoms with Crippen molar-refractivity contribution in [3.05, 3.63) is 12.7 Å². The fourth-order valence-corrected chi connectivity index (χ4v) is 2.09. The van der Waals surface area contributed by atoms with Crippen LogP contribution in [-0.4, -0.2) is 59.7 Å². The third kappa shape index (κ3) is 1.75. The van der Waals surface area contributed by atoms with E-state index in [-0.39, 0.29) is 5.82 Å². The van der Waals surface area contributed by atoms with E-state index in [1.165, 1.54) is 17.2 Å². The van der Waals surface area contributed by atoms with E-state index in [4.69, 9.17) is 11.8 Å². The number of ether oxygens (including phenoxy) is 1. The van der Waals surface area contributed by atoms with Crippen LogP contribution in [0.5, 0.6) is 0 Å². The lowest BCUT2D eigenvalue weighted by Crippen LogP contribution is -2.33. The molecule has 5 N–H and O–H groups in total. The SMILES string of the molecule is [3H]C(O)[C@H]1O[C@@H](n2[14cH]nc3c(N)ncnc32)[C@H](O)[C@@H]1O. The van der Waals surface area contributed by atoms with E-state index in [2.05, 4.69) is 15.0 Å². The van der Waals surface area contributed by atoms with Crippen LogP contribution < -0.4 is 5.73 Å². The van der Waals surface area contributed by atoms with Crippen molar-refractivity contribution >= 4 is 17.0 Å². The molecule has 1 aliphatic heterocycles. The van der Waals surface area contributed by atoms with Gasteiger partial charge in [-0.3, -0.25) is 4.57 Å². The zero-order valence-corrected chi connectivity index (χ0v) is 9.66. The van der Waals surface area contributed by atoms with Gasteiger partial charge >= 0.3 is 0 Å². The Balaban J connectivity index is 2.02. The topological polar surface area (TPSA) is 140 Å². The number of rotatable bonds is 2. The highest BCUT2D eigenvalue weighted by molar-refractivity contribution is 5.81. The highest BCUT2D eigenvalue weighted by Gasteiger charge is 2.43. The van der Waals surface area contributed by atoms with Crippen molar-refractivity contribution in [1.82, 2.24) is 19.5 Å². The summed E-state index contributed by atoms with van der Waals surface area (Å²) in [6.07, 6.45) is -2.36. The lowest BCUT2D eigenvalue weighted by Gasteiger charge is -2.16. The van der Waals surface area contributed by atoms with Crippen molar-refractivity contribution in [2.24, 2.45) is 0 Å². The van der Waals surface area contributed by atoms with Crippen molar-refractivity contribution in [2.75, 3.05) is 12.3 Å². The van der Waals surface area contributed by atoms with Crippen LogP contribution in [0.25, 0.3) is 11.2 Å². The molecule has 3 rings (SSSR count). The number of nitrogens with zero attached hydrogens (tertiary/aromatic N) is 4. The molecule has 0 radical (unpaired) electrons. The second-order valence-electron chi connectivity index (χ2n) is 4.20. The fourth-order valence-electron chi connectivity index (χ4n) is 2.09. The Labute approximate surface area is 108 Å². The van der Waals surface area contributed by atoms with Crippen LogP contribution in [0.2, 0.25) is 0 Å². The Morgan fingerprint density at radius 1 is 1.47 bits per heavy atom. The Bertz CT molecular complexity index is 635. The average molecular weight is 271 g/mol. The molecule has 1 unspecified atom stereocenters. The highest BCUT2D eigenvalue weighted by Crippen LogP contribution is 2.31. The molecule has 2 aromatic heterocycles. The number of imidazole rings is 1. The summed E-state index contributed by atoms with van der Waals surface area (Å²) in [6, 6.07) is 0. The molecule has 0 amide bonds. The first-order chi connectivity index (χ1) is 9.50. The molecule has 9 heteroatoms. The maximum absolute atomic E-state index is 9.98. The van der Waals surface area contributed by atoms with E-state index >= 15 is 0 Å². The summed E-state index contributed by atoms with van der Waals surface area (Å²) in [4.78, 5) is 11.8. The molecule has 1 fully saturated rings. The van der Waals surface area contributed by atoms with Crippen LogP contribution in [-0.2, 0) is 4.74 Å². The number of aliphatic hydroxyl groups excluding tert-OH is 3. The van der Waals surface area contributed by atoms with Crippen molar-refractivity contribution in [2.45, 2.75) is 24.5 Å². The number of nitrogens with two attached hydrogens (primary N) is 1.